The summed E-state index contributed by atoms with van der Waals surface area (Å²) in [6.07, 6.45) is 2.51. The number of carbonyl (C=O) groups is 1. The predicted octanol–water partition coefficient (Wildman–Crippen LogP) is 3.57. The van der Waals surface area contributed by atoms with Crippen LogP contribution in [0.3, 0.4) is 0 Å². The van der Waals surface area contributed by atoms with Crippen LogP contribution in [0, 0.1) is 5.13 Å². The number of benzene rings is 1. The molecule has 0 saturated carbocycles. The molecule has 1 aromatic heterocycles. The molecule has 0 unspecified atom stereocenters. The number of carbonyl (C=O) groups excluding carboxylic acids is 1. The topological polar surface area (TPSA) is 17.1 Å². The fourth-order valence-electron chi connectivity index (χ4n) is 1.39. The SMILES string of the molecule is CSc1cccc2sc(F)c(C=O)c12. The molecule has 0 aliphatic rings. The van der Waals surface area contributed by atoms with Crippen LogP contribution < -0.4 is 0 Å². The predicted molar refractivity (Wildman–Crippen MR) is 59.0 cm³/mol. The van der Waals surface area contributed by atoms with Gasteiger partial charge in [-0.2, -0.15) is 4.39 Å². The van der Waals surface area contributed by atoms with E-state index in [0.29, 0.717) is 6.29 Å². The molecule has 0 aliphatic carbocycles. The molecule has 1 heterocycles. The lowest BCUT2D eigenvalue weighted by Crippen LogP contribution is -1.81. The molecule has 1 aromatic carbocycles. The van der Waals surface area contributed by atoms with Gasteiger partial charge < -0.3 is 0 Å². The van der Waals surface area contributed by atoms with Gasteiger partial charge in [-0.25, -0.2) is 0 Å². The number of aldehydes is 1. The van der Waals surface area contributed by atoms with Crippen LogP contribution in [-0.2, 0) is 0 Å². The summed E-state index contributed by atoms with van der Waals surface area (Å²) in [6.45, 7) is 0. The summed E-state index contributed by atoms with van der Waals surface area (Å²) in [4.78, 5) is 11.7. The molecular formula is C10H7FOS2. The molecule has 14 heavy (non-hydrogen) atoms. The van der Waals surface area contributed by atoms with Crippen LogP contribution in [0.1, 0.15) is 10.4 Å². The van der Waals surface area contributed by atoms with Gasteiger partial charge in [0.1, 0.15) is 0 Å². The van der Waals surface area contributed by atoms with Gasteiger partial charge in [0.25, 0.3) is 0 Å². The summed E-state index contributed by atoms with van der Waals surface area (Å²) in [5, 5.41) is 0.356. The molecule has 1 nitrogen and oxygen atoms in total. The van der Waals surface area contributed by atoms with Crippen molar-refractivity contribution in [3.05, 3.63) is 28.9 Å². The van der Waals surface area contributed by atoms with E-state index in [-0.39, 0.29) is 5.56 Å². The number of fused-ring (bicyclic) bond motifs is 1. The first kappa shape index (κ1) is 9.68. The fourth-order valence-corrected chi connectivity index (χ4v) is 3.01. The van der Waals surface area contributed by atoms with Gasteiger partial charge in [-0.1, -0.05) is 6.07 Å². The Hall–Kier alpha value is -0.870. The second kappa shape index (κ2) is 3.71. The largest absolute Gasteiger partial charge is 0.298 e. The quantitative estimate of drug-likeness (QED) is 0.575. The highest BCUT2D eigenvalue weighted by Crippen LogP contribution is 2.35. The lowest BCUT2D eigenvalue weighted by molar-refractivity contribution is 0.112. The maximum atomic E-state index is 13.3. The van der Waals surface area contributed by atoms with Crippen molar-refractivity contribution in [2.24, 2.45) is 0 Å². The van der Waals surface area contributed by atoms with E-state index in [2.05, 4.69) is 0 Å². The second-order valence-corrected chi connectivity index (χ2v) is 4.59. The molecule has 0 fully saturated rings. The Morgan fingerprint density at radius 2 is 2.29 bits per heavy atom. The van der Waals surface area contributed by atoms with E-state index < -0.39 is 5.13 Å². The van der Waals surface area contributed by atoms with Gasteiger partial charge in [0.05, 0.1) is 5.56 Å². The van der Waals surface area contributed by atoms with Gasteiger partial charge in [0.15, 0.2) is 11.4 Å². The highest BCUT2D eigenvalue weighted by Gasteiger charge is 2.13. The normalized spacial score (nSPS) is 10.7. The first-order valence-electron chi connectivity index (χ1n) is 3.98. The Labute approximate surface area is 88.9 Å². The van der Waals surface area contributed by atoms with Crippen LogP contribution in [0.5, 0.6) is 0 Å². The zero-order valence-corrected chi connectivity index (χ0v) is 9.05. The molecule has 0 N–H and O–H groups in total. The maximum Gasteiger partial charge on any atom is 0.188 e. The minimum atomic E-state index is -0.392. The molecular weight excluding hydrogens is 219 g/mol. The maximum absolute atomic E-state index is 13.3. The summed E-state index contributed by atoms with van der Waals surface area (Å²) in [7, 11) is 0. The van der Waals surface area contributed by atoms with E-state index in [4.69, 9.17) is 0 Å². The van der Waals surface area contributed by atoms with Crippen molar-refractivity contribution >= 4 is 39.5 Å². The zero-order chi connectivity index (χ0) is 10.1. The standard InChI is InChI=1S/C10H7FOS2/c1-13-7-3-2-4-8-9(7)6(5-12)10(11)14-8/h2-5H,1H3. The monoisotopic (exact) mass is 226 g/mol. The van der Waals surface area contributed by atoms with E-state index in [1.165, 1.54) is 11.8 Å². The van der Waals surface area contributed by atoms with Gasteiger partial charge in [-0.3, -0.25) is 4.79 Å². The molecule has 0 radical (unpaired) electrons. The molecule has 0 amide bonds. The number of hydrogen-bond acceptors (Lipinski definition) is 3. The van der Waals surface area contributed by atoms with Crippen molar-refractivity contribution in [3.63, 3.8) is 0 Å². The van der Waals surface area contributed by atoms with Crippen molar-refractivity contribution in [1.82, 2.24) is 0 Å². The molecule has 0 spiro atoms. The third-order valence-corrected chi connectivity index (χ3v) is 3.75. The van der Waals surface area contributed by atoms with Crippen molar-refractivity contribution in [3.8, 4) is 0 Å². The number of thioether (sulfide) groups is 1. The summed E-state index contributed by atoms with van der Waals surface area (Å²) >= 11 is 2.54. The Bertz CT molecular complexity index is 490. The summed E-state index contributed by atoms with van der Waals surface area (Å²) in [5.74, 6) is 0. The number of thiophene rings is 1. The third-order valence-electron chi connectivity index (χ3n) is 2.01. The molecule has 0 bridgehead atoms. The highest BCUT2D eigenvalue weighted by atomic mass is 32.2. The van der Waals surface area contributed by atoms with Gasteiger partial charge in [-0.15, -0.1) is 23.1 Å². The van der Waals surface area contributed by atoms with Crippen LogP contribution in [-0.4, -0.2) is 12.5 Å². The van der Waals surface area contributed by atoms with E-state index in [0.717, 1.165) is 26.3 Å². The molecule has 2 aromatic rings. The van der Waals surface area contributed by atoms with Gasteiger partial charge in [-0.05, 0) is 18.4 Å². The summed E-state index contributed by atoms with van der Waals surface area (Å²) in [6, 6.07) is 5.60. The number of rotatable bonds is 2. The smallest absolute Gasteiger partial charge is 0.188 e. The van der Waals surface area contributed by atoms with E-state index in [1.54, 1.807) is 0 Å². The number of hydrogen-bond donors (Lipinski definition) is 0. The van der Waals surface area contributed by atoms with E-state index in [1.807, 2.05) is 24.5 Å². The Morgan fingerprint density at radius 1 is 1.50 bits per heavy atom. The van der Waals surface area contributed by atoms with Crippen LogP contribution in [0.15, 0.2) is 23.1 Å². The molecule has 4 heteroatoms. The highest BCUT2D eigenvalue weighted by molar-refractivity contribution is 7.98. The fraction of sp³-hybridized carbons (Fsp3) is 0.100. The number of halogens is 1. The van der Waals surface area contributed by atoms with E-state index >= 15 is 0 Å². The van der Waals surface area contributed by atoms with Crippen molar-refractivity contribution in [1.29, 1.82) is 0 Å². The Balaban J connectivity index is 2.89. The lowest BCUT2D eigenvalue weighted by atomic mass is 10.2. The molecule has 0 aliphatic heterocycles. The van der Waals surface area contributed by atoms with Crippen LogP contribution >= 0.6 is 23.1 Å². The van der Waals surface area contributed by atoms with Gasteiger partial charge in [0, 0.05) is 15.0 Å². The van der Waals surface area contributed by atoms with Crippen molar-refractivity contribution < 1.29 is 9.18 Å². The van der Waals surface area contributed by atoms with Crippen LogP contribution in [0.4, 0.5) is 4.39 Å². The Morgan fingerprint density at radius 3 is 2.93 bits per heavy atom. The van der Waals surface area contributed by atoms with Gasteiger partial charge in [0.2, 0.25) is 0 Å². The van der Waals surface area contributed by atoms with Crippen molar-refractivity contribution in [2.75, 3.05) is 6.26 Å². The summed E-state index contributed by atoms with van der Waals surface area (Å²) in [5.41, 5.74) is 0.190. The lowest BCUT2D eigenvalue weighted by Gasteiger charge is -1.98. The average molecular weight is 226 g/mol. The van der Waals surface area contributed by atoms with Crippen LogP contribution in [0.2, 0.25) is 0 Å². The molecule has 0 saturated heterocycles. The molecule has 0 atom stereocenters. The first-order chi connectivity index (χ1) is 6.77. The van der Waals surface area contributed by atoms with Crippen molar-refractivity contribution in [2.45, 2.75) is 4.90 Å². The van der Waals surface area contributed by atoms with Gasteiger partial charge >= 0.3 is 0 Å². The summed E-state index contributed by atoms with van der Waals surface area (Å²) < 4.78 is 14.1. The molecule has 72 valence electrons. The minimum absolute atomic E-state index is 0.190. The second-order valence-electron chi connectivity index (χ2n) is 2.74. The average Bonchev–Trinajstić information content (AvgIpc) is 2.52. The van der Waals surface area contributed by atoms with E-state index in [9.17, 15) is 9.18 Å². The minimum Gasteiger partial charge on any atom is -0.298 e. The molecule has 2 rings (SSSR count). The Kier molecular flexibility index (Phi) is 2.56. The zero-order valence-electron chi connectivity index (χ0n) is 7.41. The first-order valence-corrected chi connectivity index (χ1v) is 6.02. The van der Waals surface area contributed by atoms with Crippen LogP contribution in [0.25, 0.3) is 10.1 Å². The third kappa shape index (κ3) is 1.35.